The van der Waals surface area contributed by atoms with Crippen LogP contribution in [0, 0.1) is 10.1 Å². The maximum absolute atomic E-state index is 12.3. The first kappa shape index (κ1) is 25.3. The van der Waals surface area contributed by atoms with E-state index in [1.165, 1.54) is 24.3 Å². The van der Waals surface area contributed by atoms with Gasteiger partial charge < -0.3 is 25.3 Å². The maximum atomic E-state index is 12.3. The summed E-state index contributed by atoms with van der Waals surface area (Å²) in [5.41, 5.74) is 4.53. The number of rotatable bonds is 9. The number of carbonyl (C=O) groups excluding carboxylic acids is 4. The zero-order valence-corrected chi connectivity index (χ0v) is 18.1. The minimum atomic E-state index is -1.13. The van der Waals surface area contributed by atoms with Crippen LogP contribution < -0.4 is 11.1 Å². The van der Waals surface area contributed by atoms with E-state index in [9.17, 15) is 29.3 Å². The van der Waals surface area contributed by atoms with E-state index in [1.807, 2.05) is 0 Å². The molecule has 1 aromatic rings. The predicted octanol–water partition coefficient (Wildman–Crippen LogP) is 0.769. The Labute approximate surface area is 188 Å². The summed E-state index contributed by atoms with van der Waals surface area (Å²) in [6.07, 6.45) is -1.97. The van der Waals surface area contributed by atoms with Crippen LogP contribution in [0.5, 0.6) is 0 Å². The molecule has 0 saturated carbocycles. The molecular formula is C19H24N4O10. The van der Waals surface area contributed by atoms with Crippen LogP contribution >= 0.6 is 0 Å². The fraction of sp³-hybridized carbons (Fsp3) is 0.474. The van der Waals surface area contributed by atoms with Crippen molar-refractivity contribution in [1.29, 1.82) is 0 Å². The second kappa shape index (κ2) is 10.6. The first-order chi connectivity index (χ1) is 15.4. The van der Waals surface area contributed by atoms with Crippen LogP contribution in [0.25, 0.3) is 0 Å². The van der Waals surface area contributed by atoms with Gasteiger partial charge in [-0.3, -0.25) is 19.7 Å². The molecule has 33 heavy (non-hydrogen) atoms. The Balaban J connectivity index is 1.88. The minimum Gasteiger partial charge on any atom is -0.459 e. The molecule has 3 amide bonds. The predicted molar refractivity (Wildman–Crippen MR) is 108 cm³/mol. The van der Waals surface area contributed by atoms with Gasteiger partial charge in [0, 0.05) is 12.1 Å². The monoisotopic (exact) mass is 468 g/mol. The van der Waals surface area contributed by atoms with E-state index in [4.69, 9.17) is 20.0 Å². The lowest BCUT2D eigenvalue weighted by Crippen LogP contribution is -2.72. The fourth-order valence-corrected chi connectivity index (χ4v) is 2.64. The van der Waals surface area contributed by atoms with Crippen molar-refractivity contribution in [3.63, 3.8) is 0 Å². The molecule has 2 rings (SSSR count). The Morgan fingerprint density at radius 3 is 2.36 bits per heavy atom. The standard InChI is InChI=1S/C19H24N4O10/c1-19(2,3)33-18(27)21-15-13(9-31-17(20)26)22(16(15)25)32-10-14(24)30-8-11-4-6-12(7-5-11)23(28)29/h4-7,13,15H,8-10H2,1-3H3,(H2,20,26)(H,21,27)/t13-,15-/m0/s1. The average Bonchev–Trinajstić information content (AvgIpc) is 2.71. The van der Waals surface area contributed by atoms with E-state index in [-0.39, 0.29) is 12.3 Å². The van der Waals surface area contributed by atoms with Gasteiger partial charge in [-0.25, -0.2) is 19.4 Å². The summed E-state index contributed by atoms with van der Waals surface area (Å²) in [6.45, 7) is 3.68. The number of hydrogen-bond donors (Lipinski definition) is 2. The lowest BCUT2D eigenvalue weighted by Gasteiger charge is -2.44. The van der Waals surface area contributed by atoms with Gasteiger partial charge in [0.25, 0.3) is 11.6 Å². The number of hydroxylamine groups is 2. The zero-order valence-electron chi connectivity index (χ0n) is 18.1. The minimum absolute atomic E-state index is 0.108. The van der Waals surface area contributed by atoms with Crippen molar-refractivity contribution in [2.45, 2.75) is 45.1 Å². The van der Waals surface area contributed by atoms with Crippen molar-refractivity contribution in [3.05, 3.63) is 39.9 Å². The van der Waals surface area contributed by atoms with Crippen molar-refractivity contribution in [1.82, 2.24) is 10.4 Å². The van der Waals surface area contributed by atoms with Crippen molar-refractivity contribution < 1.29 is 43.1 Å². The van der Waals surface area contributed by atoms with Crippen molar-refractivity contribution >= 4 is 29.8 Å². The van der Waals surface area contributed by atoms with Gasteiger partial charge >= 0.3 is 18.2 Å². The SMILES string of the molecule is CC(C)(C)OC(=O)N[C@@H]1C(=O)N(OCC(=O)OCc2ccc([N+](=O)[O-])cc2)[C@H]1COC(N)=O. The van der Waals surface area contributed by atoms with Gasteiger partial charge in [0.15, 0.2) is 6.61 Å². The van der Waals surface area contributed by atoms with Gasteiger partial charge in [0.2, 0.25) is 0 Å². The Hall–Kier alpha value is -3.94. The van der Waals surface area contributed by atoms with Crippen LogP contribution in [-0.2, 0) is 35.2 Å². The van der Waals surface area contributed by atoms with Crippen LogP contribution in [0.4, 0.5) is 15.3 Å². The highest BCUT2D eigenvalue weighted by Crippen LogP contribution is 2.22. The number of primary amides is 1. The van der Waals surface area contributed by atoms with E-state index >= 15 is 0 Å². The zero-order chi connectivity index (χ0) is 24.8. The molecule has 0 spiro atoms. The number of nitro benzene ring substituents is 1. The van der Waals surface area contributed by atoms with Gasteiger partial charge in [-0.1, -0.05) is 0 Å². The molecule has 0 radical (unpaired) electrons. The molecule has 1 aliphatic heterocycles. The van der Waals surface area contributed by atoms with E-state index in [1.54, 1.807) is 20.8 Å². The van der Waals surface area contributed by atoms with Crippen molar-refractivity contribution in [2.24, 2.45) is 5.73 Å². The number of alkyl carbamates (subject to hydrolysis) is 1. The molecular weight excluding hydrogens is 444 g/mol. The first-order valence-electron chi connectivity index (χ1n) is 9.64. The van der Waals surface area contributed by atoms with Gasteiger partial charge in [-0.05, 0) is 38.5 Å². The van der Waals surface area contributed by atoms with Crippen LogP contribution in [-0.4, -0.2) is 64.9 Å². The molecule has 14 nitrogen and oxygen atoms in total. The lowest BCUT2D eigenvalue weighted by molar-refractivity contribution is -0.384. The number of nitro groups is 1. The first-order valence-corrected chi connectivity index (χ1v) is 9.64. The van der Waals surface area contributed by atoms with Crippen LogP contribution in [0.1, 0.15) is 26.3 Å². The van der Waals surface area contributed by atoms with Gasteiger partial charge in [0.1, 0.15) is 30.9 Å². The molecule has 1 heterocycles. The van der Waals surface area contributed by atoms with Gasteiger partial charge in [-0.2, -0.15) is 0 Å². The van der Waals surface area contributed by atoms with Crippen LogP contribution in [0.15, 0.2) is 24.3 Å². The van der Waals surface area contributed by atoms with E-state index < -0.39 is 59.9 Å². The molecule has 3 N–H and O–H groups in total. The average molecular weight is 468 g/mol. The summed E-state index contributed by atoms with van der Waals surface area (Å²) in [5.74, 6) is -1.54. The normalized spacial score (nSPS) is 17.5. The third-order valence-electron chi connectivity index (χ3n) is 4.11. The number of non-ortho nitro benzene ring substituents is 1. The van der Waals surface area contributed by atoms with Crippen LogP contribution in [0.3, 0.4) is 0 Å². The maximum Gasteiger partial charge on any atom is 0.408 e. The number of hydrogen-bond acceptors (Lipinski definition) is 10. The Morgan fingerprint density at radius 1 is 1.18 bits per heavy atom. The second-order valence-corrected chi connectivity index (χ2v) is 7.84. The molecule has 0 aromatic heterocycles. The van der Waals surface area contributed by atoms with E-state index in [0.717, 1.165) is 5.06 Å². The molecule has 1 aromatic carbocycles. The highest BCUT2D eigenvalue weighted by atomic mass is 16.7. The van der Waals surface area contributed by atoms with Crippen molar-refractivity contribution in [3.8, 4) is 0 Å². The summed E-state index contributed by atoms with van der Waals surface area (Å²) < 4.78 is 14.8. The molecule has 0 aliphatic carbocycles. The molecule has 2 atom stereocenters. The van der Waals surface area contributed by atoms with E-state index in [0.29, 0.717) is 5.56 Å². The fourth-order valence-electron chi connectivity index (χ4n) is 2.64. The summed E-state index contributed by atoms with van der Waals surface area (Å²) >= 11 is 0. The number of nitrogens with one attached hydrogen (secondary N) is 1. The molecule has 180 valence electrons. The topological polar surface area (TPSA) is 190 Å². The molecule has 1 aliphatic rings. The number of benzene rings is 1. The van der Waals surface area contributed by atoms with Gasteiger partial charge in [0.05, 0.1) is 4.92 Å². The highest BCUT2D eigenvalue weighted by Gasteiger charge is 2.51. The second-order valence-electron chi connectivity index (χ2n) is 7.84. The summed E-state index contributed by atoms with van der Waals surface area (Å²) in [6, 6.07) is 3.29. The number of carbonyl (C=O) groups is 4. The number of amides is 3. The Bertz CT molecular complexity index is 912. The third-order valence-corrected chi connectivity index (χ3v) is 4.11. The third kappa shape index (κ3) is 7.60. The molecule has 0 bridgehead atoms. The number of esters is 1. The number of nitrogens with two attached hydrogens (primary N) is 1. The number of nitrogens with zero attached hydrogens (tertiary/aromatic N) is 2. The summed E-state index contributed by atoms with van der Waals surface area (Å²) in [7, 11) is 0. The van der Waals surface area contributed by atoms with Gasteiger partial charge in [-0.15, -0.1) is 0 Å². The Morgan fingerprint density at radius 2 is 1.82 bits per heavy atom. The Kier molecular flexibility index (Phi) is 8.12. The lowest BCUT2D eigenvalue weighted by atomic mass is 9.99. The van der Waals surface area contributed by atoms with Crippen LogP contribution in [0.2, 0.25) is 0 Å². The summed E-state index contributed by atoms with van der Waals surface area (Å²) in [5, 5.41) is 13.8. The molecule has 1 saturated heterocycles. The highest BCUT2D eigenvalue weighted by molar-refractivity contribution is 5.91. The smallest absolute Gasteiger partial charge is 0.408 e. The van der Waals surface area contributed by atoms with E-state index in [2.05, 4.69) is 10.1 Å². The van der Waals surface area contributed by atoms with Crippen molar-refractivity contribution in [2.75, 3.05) is 13.2 Å². The number of ether oxygens (including phenoxy) is 3. The quantitative estimate of drug-likeness (QED) is 0.172. The molecule has 0 unspecified atom stereocenters. The largest absolute Gasteiger partial charge is 0.459 e. The molecule has 1 fully saturated rings. The summed E-state index contributed by atoms with van der Waals surface area (Å²) in [4.78, 5) is 62.4. The molecule has 14 heteroatoms. The number of β-lactam (4-membered cyclic amide) rings is 1.